The zero-order valence-corrected chi connectivity index (χ0v) is 13.3. The molecule has 0 unspecified atom stereocenters. The van der Waals surface area contributed by atoms with Gasteiger partial charge in [-0.15, -0.1) is 0 Å². The zero-order chi connectivity index (χ0) is 16.2. The second-order valence-electron chi connectivity index (χ2n) is 5.81. The monoisotopic (exact) mass is 312 g/mol. The molecule has 0 aliphatic carbocycles. The second kappa shape index (κ2) is 6.82. The predicted octanol–water partition coefficient (Wildman–Crippen LogP) is 4.76. The summed E-state index contributed by atoms with van der Waals surface area (Å²) in [5.41, 5.74) is 2.53. The number of anilines is 1. The highest BCUT2D eigenvalue weighted by molar-refractivity contribution is 5.90. The predicted molar refractivity (Wildman–Crippen MR) is 89.9 cm³/mol. The molecule has 0 radical (unpaired) electrons. The largest absolute Gasteiger partial charge is 0.322 e. The molecule has 1 atom stereocenters. The summed E-state index contributed by atoms with van der Waals surface area (Å²) >= 11 is 0. The number of carbonyl (C=O) groups is 1. The molecule has 23 heavy (non-hydrogen) atoms. The molecule has 1 saturated heterocycles. The van der Waals surface area contributed by atoms with Crippen LogP contribution in [-0.2, 0) is 6.42 Å². The molecule has 0 saturated carbocycles. The van der Waals surface area contributed by atoms with Gasteiger partial charge < -0.3 is 10.2 Å². The lowest BCUT2D eigenvalue weighted by Crippen LogP contribution is -2.35. The van der Waals surface area contributed by atoms with Crippen molar-refractivity contribution in [2.45, 2.75) is 32.2 Å². The lowest BCUT2D eigenvalue weighted by molar-refractivity contribution is 0.206. The Morgan fingerprint density at radius 1 is 1.22 bits per heavy atom. The van der Waals surface area contributed by atoms with Crippen LogP contribution >= 0.6 is 0 Å². The summed E-state index contributed by atoms with van der Waals surface area (Å²) in [6.45, 7) is 2.71. The van der Waals surface area contributed by atoms with Crippen molar-refractivity contribution >= 4 is 11.7 Å². The highest BCUT2D eigenvalue weighted by Crippen LogP contribution is 2.33. The van der Waals surface area contributed by atoms with E-state index in [1.807, 2.05) is 30.3 Å². The maximum atomic E-state index is 14.1. The van der Waals surface area contributed by atoms with Gasteiger partial charge in [0.1, 0.15) is 5.82 Å². The van der Waals surface area contributed by atoms with E-state index in [1.54, 1.807) is 17.0 Å². The van der Waals surface area contributed by atoms with Crippen LogP contribution in [0.1, 0.15) is 36.9 Å². The van der Waals surface area contributed by atoms with E-state index < -0.39 is 0 Å². The lowest BCUT2D eigenvalue weighted by Gasteiger charge is -2.26. The number of carbonyl (C=O) groups excluding carboxylic acids is 1. The van der Waals surface area contributed by atoms with Crippen LogP contribution in [0.3, 0.4) is 0 Å². The summed E-state index contributed by atoms with van der Waals surface area (Å²) < 4.78 is 14.1. The number of halogens is 1. The molecule has 3 rings (SSSR count). The average molecular weight is 312 g/mol. The minimum Gasteiger partial charge on any atom is -0.317 e. The Kier molecular flexibility index (Phi) is 4.60. The first-order valence-corrected chi connectivity index (χ1v) is 8.10. The number of likely N-dealkylation sites (tertiary alicyclic amines) is 1. The Balaban J connectivity index is 1.80. The third-order valence-electron chi connectivity index (χ3n) is 4.42. The molecule has 1 heterocycles. The third kappa shape index (κ3) is 3.21. The Morgan fingerprint density at radius 3 is 2.74 bits per heavy atom. The first-order valence-electron chi connectivity index (χ1n) is 8.10. The first-order chi connectivity index (χ1) is 11.2. The van der Waals surface area contributed by atoms with Gasteiger partial charge in [-0.2, -0.15) is 0 Å². The van der Waals surface area contributed by atoms with Gasteiger partial charge in [0.25, 0.3) is 0 Å². The normalized spacial score (nSPS) is 17.3. The summed E-state index contributed by atoms with van der Waals surface area (Å²) in [5, 5.41) is 2.99. The van der Waals surface area contributed by atoms with Gasteiger partial charge in [-0.05, 0) is 37.0 Å². The molecule has 0 aromatic heterocycles. The van der Waals surface area contributed by atoms with E-state index in [4.69, 9.17) is 0 Å². The van der Waals surface area contributed by atoms with E-state index in [0.29, 0.717) is 12.1 Å². The SMILES string of the molecule is CCc1ccccc1NC(=O)N1CCC[C@@H]1c1ccccc1F. The quantitative estimate of drug-likeness (QED) is 0.871. The van der Waals surface area contributed by atoms with Crippen molar-refractivity contribution in [3.63, 3.8) is 0 Å². The summed E-state index contributed by atoms with van der Waals surface area (Å²) in [6, 6.07) is 14.2. The van der Waals surface area contributed by atoms with Crippen molar-refractivity contribution in [3.8, 4) is 0 Å². The Morgan fingerprint density at radius 2 is 1.96 bits per heavy atom. The summed E-state index contributed by atoms with van der Waals surface area (Å²) in [6.07, 6.45) is 2.54. The molecule has 2 amide bonds. The minimum absolute atomic E-state index is 0.156. The molecule has 1 fully saturated rings. The van der Waals surface area contributed by atoms with Crippen LogP contribution < -0.4 is 5.32 Å². The lowest BCUT2D eigenvalue weighted by atomic mass is 10.0. The van der Waals surface area contributed by atoms with Crippen LogP contribution in [0.5, 0.6) is 0 Å². The molecule has 1 aliphatic heterocycles. The van der Waals surface area contributed by atoms with Crippen LogP contribution in [0.15, 0.2) is 48.5 Å². The average Bonchev–Trinajstić information content (AvgIpc) is 3.05. The number of urea groups is 1. The maximum absolute atomic E-state index is 14.1. The number of nitrogens with zero attached hydrogens (tertiary/aromatic N) is 1. The topological polar surface area (TPSA) is 32.3 Å². The van der Waals surface area contributed by atoms with Crippen LogP contribution in [0, 0.1) is 5.82 Å². The Hall–Kier alpha value is -2.36. The highest BCUT2D eigenvalue weighted by Gasteiger charge is 2.31. The Bertz CT molecular complexity index is 701. The fraction of sp³-hybridized carbons (Fsp3) is 0.316. The zero-order valence-electron chi connectivity index (χ0n) is 13.3. The van der Waals surface area contributed by atoms with Gasteiger partial charge in [-0.25, -0.2) is 9.18 Å². The van der Waals surface area contributed by atoms with Crippen LogP contribution in [-0.4, -0.2) is 17.5 Å². The molecule has 4 heteroatoms. The fourth-order valence-electron chi connectivity index (χ4n) is 3.22. The first kappa shape index (κ1) is 15.5. The van der Waals surface area contributed by atoms with Crippen LogP contribution in [0.2, 0.25) is 0 Å². The van der Waals surface area contributed by atoms with Gasteiger partial charge in [0.15, 0.2) is 0 Å². The summed E-state index contributed by atoms with van der Waals surface area (Å²) in [7, 11) is 0. The molecule has 0 spiro atoms. The number of nitrogens with one attached hydrogen (secondary N) is 1. The van der Waals surface area contributed by atoms with Gasteiger partial charge in [0.05, 0.1) is 6.04 Å². The molecule has 2 aromatic carbocycles. The number of hydrogen-bond donors (Lipinski definition) is 1. The Labute approximate surface area is 136 Å². The molecule has 1 N–H and O–H groups in total. The molecule has 1 aliphatic rings. The van der Waals surface area contributed by atoms with E-state index in [9.17, 15) is 9.18 Å². The van der Waals surface area contributed by atoms with Crippen molar-refractivity contribution in [2.24, 2.45) is 0 Å². The molecule has 120 valence electrons. The number of benzene rings is 2. The van der Waals surface area contributed by atoms with Gasteiger partial charge in [0, 0.05) is 17.8 Å². The fourth-order valence-corrected chi connectivity index (χ4v) is 3.22. The highest BCUT2D eigenvalue weighted by atomic mass is 19.1. The number of amides is 2. The van der Waals surface area contributed by atoms with E-state index >= 15 is 0 Å². The summed E-state index contributed by atoms with van der Waals surface area (Å²) in [5.74, 6) is -0.244. The molecular weight excluding hydrogens is 291 g/mol. The van der Waals surface area contributed by atoms with Crippen molar-refractivity contribution in [2.75, 3.05) is 11.9 Å². The number of para-hydroxylation sites is 1. The maximum Gasteiger partial charge on any atom is 0.322 e. The van der Waals surface area contributed by atoms with Gasteiger partial charge >= 0.3 is 6.03 Å². The molecular formula is C19H21FN2O. The molecule has 3 nitrogen and oxygen atoms in total. The van der Waals surface area contributed by atoms with Crippen molar-refractivity contribution in [3.05, 3.63) is 65.5 Å². The number of aryl methyl sites for hydroxylation is 1. The van der Waals surface area contributed by atoms with Gasteiger partial charge in [0.2, 0.25) is 0 Å². The van der Waals surface area contributed by atoms with E-state index in [0.717, 1.165) is 30.5 Å². The van der Waals surface area contributed by atoms with E-state index in [-0.39, 0.29) is 17.9 Å². The van der Waals surface area contributed by atoms with E-state index in [1.165, 1.54) is 6.07 Å². The second-order valence-corrected chi connectivity index (χ2v) is 5.81. The molecule has 2 aromatic rings. The van der Waals surface area contributed by atoms with Crippen molar-refractivity contribution in [1.82, 2.24) is 4.90 Å². The van der Waals surface area contributed by atoms with Gasteiger partial charge in [-0.1, -0.05) is 43.3 Å². The van der Waals surface area contributed by atoms with Crippen molar-refractivity contribution < 1.29 is 9.18 Å². The van der Waals surface area contributed by atoms with Gasteiger partial charge in [-0.3, -0.25) is 0 Å². The van der Waals surface area contributed by atoms with Crippen LogP contribution in [0.25, 0.3) is 0 Å². The minimum atomic E-state index is -0.244. The smallest absolute Gasteiger partial charge is 0.317 e. The standard InChI is InChI=1S/C19H21FN2O/c1-2-14-8-3-6-11-17(14)21-19(23)22-13-7-12-18(22)15-9-4-5-10-16(15)20/h3-6,8-11,18H,2,7,12-13H2,1H3,(H,21,23)/t18-/m1/s1. The van der Waals surface area contributed by atoms with E-state index in [2.05, 4.69) is 12.2 Å². The van der Waals surface area contributed by atoms with Crippen molar-refractivity contribution in [1.29, 1.82) is 0 Å². The van der Waals surface area contributed by atoms with Crippen LogP contribution in [0.4, 0.5) is 14.9 Å². The summed E-state index contributed by atoms with van der Waals surface area (Å²) in [4.78, 5) is 14.4. The third-order valence-corrected chi connectivity index (χ3v) is 4.42. The number of rotatable bonds is 3. The number of hydrogen-bond acceptors (Lipinski definition) is 1. The molecule has 0 bridgehead atoms.